The van der Waals surface area contributed by atoms with Crippen molar-refractivity contribution in [1.82, 2.24) is 19.5 Å². The van der Waals surface area contributed by atoms with Crippen LogP contribution >= 0.6 is 11.6 Å². The predicted molar refractivity (Wildman–Crippen MR) is 118 cm³/mol. The first kappa shape index (κ1) is 20.2. The number of piperidine rings is 1. The number of hydrogen-bond donors (Lipinski definition) is 1. The van der Waals surface area contributed by atoms with Crippen molar-refractivity contribution < 1.29 is 9.18 Å². The molecule has 2 aromatic heterocycles. The molecule has 5 rings (SSSR count). The molecule has 0 spiro atoms. The second-order valence-electron chi connectivity index (χ2n) is 8.24. The third kappa shape index (κ3) is 3.96. The van der Waals surface area contributed by atoms with Crippen LogP contribution in [0.3, 0.4) is 0 Å². The monoisotopic (exact) mass is 442 g/mol. The summed E-state index contributed by atoms with van der Waals surface area (Å²) in [5.74, 6) is 1.27. The highest BCUT2D eigenvalue weighted by Crippen LogP contribution is 2.30. The summed E-state index contributed by atoms with van der Waals surface area (Å²) >= 11 is 5.81. The number of fused-ring (bicyclic) bond motifs is 3. The Labute approximate surface area is 184 Å². The number of halogens is 2. The quantitative estimate of drug-likeness (QED) is 0.657. The van der Waals surface area contributed by atoms with Crippen LogP contribution in [0.4, 0.5) is 15.9 Å². The van der Waals surface area contributed by atoms with Crippen molar-refractivity contribution in [3.05, 3.63) is 41.2 Å². The van der Waals surface area contributed by atoms with Crippen LogP contribution in [0.2, 0.25) is 5.02 Å². The first-order chi connectivity index (χ1) is 15.1. The third-order valence-corrected chi connectivity index (χ3v) is 6.52. The Morgan fingerprint density at radius 2 is 1.97 bits per heavy atom. The summed E-state index contributed by atoms with van der Waals surface area (Å²) in [6.45, 7) is 2.39. The molecule has 0 unspecified atom stereocenters. The van der Waals surface area contributed by atoms with Gasteiger partial charge in [-0.15, -0.1) is 0 Å². The highest BCUT2D eigenvalue weighted by molar-refractivity contribution is 6.31. The van der Waals surface area contributed by atoms with Crippen molar-refractivity contribution in [1.29, 1.82) is 0 Å². The number of amides is 1. The summed E-state index contributed by atoms with van der Waals surface area (Å²) in [5, 5.41) is 2.85. The maximum Gasteiger partial charge on any atom is 0.227 e. The van der Waals surface area contributed by atoms with Crippen molar-refractivity contribution in [3.8, 4) is 0 Å². The molecule has 0 atom stereocenters. The maximum absolute atomic E-state index is 13.3. The number of benzene rings is 1. The molecule has 1 fully saturated rings. The lowest BCUT2D eigenvalue weighted by molar-refractivity contribution is -0.120. The van der Waals surface area contributed by atoms with Gasteiger partial charge in [0.15, 0.2) is 17.0 Å². The predicted octanol–water partition coefficient (Wildman–Crippen LogP) is 4.20. The molecule has 1 aromatic carbocycles. The van der Waals surface area contributed by atoms with Gasteiger partial charge >= 0.3 is 0 Å². The van der Waals surface area contributed by atoms with Gasteiger partial charge in [-0.2, -0.15) is 0 Å². The lowest BCUT2D eigenvalue weighted by Gasteiger charge is -2.32. The van der Waals surface area contributed by atoms with Gasteiger partial charge in [0.05, 0.1) is 5.02 Å². The van der Waals surface area contributed by atoms with E-state index in [2.05, 4.69) is 24.8 Å². The Hall–Kier alpha value is -2.74. The van der Waals surface area contributed by atoms with Gasteiger partial charge in [0, 0.05) is 37.7 Å². The van der Waals surface area contributed by atoms with Gasteiger partial charge in [0.1, 0.15) is 18.0 Å². The van der Waals surface area contributed by atoms with Crippen LogP contribution in [-0.2, 0) is 17.8 Å². The summed E-state index contributed by atoms with van der Waals surface area (Å²) in [7, 11) is 0. The van der Waals surface area contributed by atoms with E-state index in [1.165, 1.54) is 24.6 Å². The molecular weight excluding hydrogens is 419 g/mol. The average molecular weight is 443 g/mol. The number of aromatic nitrogens is 4. The van der Waals surface area contributed by atoms with E-state index >= 15 is 0 Å². The molecule has 4 heterocycles. The van der Waals surface area contributed by atoms with E-state index in [9.17, 15) is 9.18 Å². The van der Waals surface area contributed by atoms with Crippen LogP contribution in [0.5, 0.6) is 0 Å². The molecule has 162 valence electrons. The normalized spacial score (nSPS) is 17.4. The van der Waals surface area contributed by atoms with Crippen molar-refractivity contribution in [3.63, 3.8) is 0 Å². The van der Waals surface area contributed by atoms with Crippen molar-refractivity contribution in [2.45, 2.75) is 45.1 Å². The fraction of sp³-hybridized carbons (Fsp3) is 0.455. The van der Waals surface area contributed by atoms with Crippen LogP contribution in [0.25, 0.3) is 11.2 Å². The SMILES string of the molecule is O=C(Nc1ccc(F)c(Cl)c1)C1CCN(c2ncnc3c2nc2n3CCCCC2)CC1. The highest BCUT2D eigenvalue weighted by atomic mass is 35.5. The number of carbonyl (C=O) groups excluding carboxylic acids is 1. The summed E-state index contributed by atoms with van der Waals surface area (Å²) in [6, 6.07) is 4.21. The van der Waals surface area contributed by atoms with Gasteiger partial charge < -0.3 is 14.8 Å². The van der Waals surface area contributed by atoms with Crippen molar-refractivity contribution >= 4 is 40.2 Å². The number of anilines is 2. The van der Waals surface area contributed by atoms with Crippen LogP contribution in [0.15, 0.2) is 24.5 Å². The number of nitrogens with zero attached hydrogens (tertiary/aromatic N) is 5. The number of nitrogens with one attached hydrogen (secondary N) is 1. The molecule has 2 aliphatic heterocycles. The van der Waals surface area contributed by atoms with E-state index in [1.807, 2.05) is 0 Å². The fourth-order valence-corrected chi connectivity index (χ4v) is 4.71. The smallest absolute Gasteiger partial charge is 0.227 e. The Morgan fingerprint density at radius 3 is 2.77 bits per heavy atom. The van der Waals surface area contributed by atoms with Gasteiger partial charge in [0.25, 0.3) is 0 Å². The highest BCUT2D eigenvalue weighted by Gasteiger charge is 2.28. The first-order valence-electron chi connectivity index (χ1n) is 10.8. The van der Waals surface area contributed by atoms with Gasteiger partial charge in [-0.05, 0) is 43.9 Å². The summed E-state index contributed by atoms with van der Waals surface area (Å²) in [6.07, 6.45) is 7.55. The van der Waals surface area contributed by atoms with E-state index in [4.69, 9.17) is 16.6 Å². The maximum atomic E-state index is 13.3. The minimum Gasteiger partial charge on any atom is -0.355 e. The molecule has 1 amide bonds. The number of rotatable bonds is 3. The number of carbonyl (C=O) groups is 1. The number of hydrogen-bond acceptors (Lipinski definition) is 5. The van der Waals surface area contributed by atoms with Gasteiger partial charge in [-0.25, -0.2) is 19.3 Å². The molecule has 1 N–H and O–H groups in total. The third-order valence-electron chi connectivity index (χ3n) is 6.23. The lowest BCUT2D eigenvalue weighted by atomic mass is 9.95. The Kier molecular flexibility index (Phi) is 5.48. The van der Waals surface area contributed by atoms with Crippen molar-refractivity contribution in [2.75, 3.05) is 23.3 Å². The Morgan fingerprint density at radius 1 is 1.13 bits per heavy atom. The van der Waals surface area contributed by atoms with Gasteiger partial charge in [-0.1, -0.05) is 18.0 Å². The minimum atomic E-state index is -0.499. The molecule has 0 radical (unpaired) electrons. The van der Waals surface area contributed by atoms with E-state index in [0.717, 1.165) is 61.7 Å². The lowest BCUT2D eigenvalue weighted by Crippen LogP contribution is -2.38. The molecule has 0 saturated carbocycles. The number of imidazole rings is 1. The fourth-order valence-electron chi connectivity index (χ4n) is 4.53. The van der Waals surface area contributed by atoms with Gasteiger partial charge in [-0.3, -0.25) is 4.79 Å². The van der Waals surface area contributed by atoms with E-state index in [1.54, 1.807) is 6.33 Å². The van der Waals surface area contributed by atoms with E-state index < -0.39 is 5.82 Å². The zero-order chi connectivity index (χ0) is 21.4. The largest absolute Gasteiger partial charge is 0.355 e. The van der Waals surface area contributed by atoms with Crippen LogP contribution in [0, 0.1) is 11.7 Å². The molecule has 3 aromatic rings. The molecule has 0 aliphatic carbocycles. The van der Waals surface area contributed by atoms with Gasteiger partial charge in [0.2, 0.25) is 5.91 Å². The second kappa shape index (κ2) is 8.42. The number of aryl methyl sites for hydroxylation is 2. The molecular formula is C22H24ClFN6O. The molecule has 9 heteroatoms. The summed E-state index contributed by atoms with van der Waals surface area (Å²) < 4.78 is 15.6. The average Bonchev–Trinajstić information content (AvgIpc) is 2.97. The van der Waals surface area contributed by atoms with E-state index in [-0.39, 0.29) is 16.8 Å². The molecule has 1 saturated heterocycles. The minimum absolute atomic E-state index is 0.00105. The zero-order valence-electron chi connectivity index (χ0n) is 17.2. The van der Waals surface area contributed by atoms with Crippen molar-refractivity contribution in [2.24, 2.45) is 5.92 Å². The summed E-state index contributed by atoms with van der Waals surface area (Å²) in [4.78, 5) is 28.8. The Balaban J connectivity index is 1.29. The van der Waals surface area contributed by atoms with Crippen LogP contribution < -0.4 is 10.2 Å². The second-order valence-corrected chi connectivity index (χ2v) is 8.65. The van der Waals surface area contributed by atoms with E-state index in [0.29, 0.717) is 18.5 Å². The molecule has 7 nitrogen and oxygen atoms in total. The van der Waals surface area contributed by atoms with Crippen LogP contribution in [0.1, 0.15) is 37.9 Å². The Bertz CT molecular complexity index is 1120. The molecule has 31 heavy (non-hydrogen) atoms. The summed E-state index contributed by atoms with van der Waals surface area (Å²) in [5.41, 5.74) is 2.29. The zero-order valence-corrected chi connectivity index (χ0v) is 17.9. The first-order valence-corrected chi connectivity index (χ1v) is 11.2. The molecule has 0 bridgehead atoms. The standard InChI is InChI=1S/C22H24ClFN6O/c23-16-12-15(5-6-17(16)24)27-22(31)14-7-10-29(11-8-14)20-19-21(26-13-25-20)30-9-3-1-2-4-18(30)28-19/h5-6,12-14H,1-4,7-11H2,(H,27,31). The molecule has 2 aliphatic rings. The van der Waals surface area contributed by atoms with Crippen LogP contribution in [-0.4, -0.2) is 38.5 Å². The topological polar surface area (TPSA) is 75.9 Å².